The third-order valence-electron chi connectivity index (χ3n) is 4.90. The molecular formula is C23H24FNO3. The van der Waals surface area contributed by atoms with Crippen LogP contribution in [0.1, 0.15) is 29.8 Å². The fourth-order valence-electron chi connectivity index (χ4n) is 3.27. The van der Waals surface area contributed by atoms with Crippen LogP contribution in [0.4, 0.5) is 4.39 Å². The standard InChI is InChI=1S/C23H24FNO3/c1-4-28-20-14-13-16-9-5-6-10-17(16)21(20)22(26)25-15-23(2,27-3)18-11-7-8-12-19(18)24/h5-14H,4,15H2,1-3H3,(H,25,26). The molecule has 1 amide bonds. The highest BCUT2D eigenvalue weighted by Gasteiger charge is 2.30. The fourth-order valence-corrected chi connectivity index (χ4v) is 3.27. The number of halogens is 1. The summed E-state index contributed by atoms with van der Waals surface area (Å²) in [5.74, 6) is -0.148. The van der Waals surface area contributed by atoms with E-state index in [1.807, 2.05) is 37.3 Å². The van der Waals surface area contributed by atoms with Crippen LogP contribution in [0.2, 0.25) is 0 Å². The average Bonchev–Trinajstić information content (AvgIpc) is 2.72. The summed E-state index contributed by atoms with van der Waals surface area (Å²) in [5, 5.41) is 4.64. The van der Waals surface area contributed by atoms with Gasteiger partial charge in [-0.15, -0.1) is 0 Å². The summed E-state index contributed by atoms with van der Waals surface area (Å²) in [6.07, 6.45) is 0. The van der Waals surface area contributed by atoms with Gasteiger partial charge in [0, 0.05) is 12.7 Å². The topological polar surface area (TPSA) is 47.6 Å². The Morgan fingerprint density at radius 1 is 1.07 bits per heavy atom. The number of carbonyl (C=O) groups is 1. The molecule has 0 aliphatic carbocycles. The van der Waals surface area contributed by atoms with Crippen molar-refractivity contribution in [1.29, 1.82) is 0 Å². The van der Waals surface area contributed by atoms with Gasteiger partial charge in [-0.3, -0.25) is 4.79 Å². The molecule has 28 heavy (non-hydrogen) atoms. The number of nitrogens with one attached hydrogen (secondary N) is 1. The summed E-state index contributed by atoms with van der Waals surface area (Å²) in [7, 11) is 1.50. The first-order valence-corrected chi connectivity index (χ1v) is 9.23. The highest BCUT2D eigenvalue weighted by Crippen LogP contribution is 2.30. The number of carbonyl (C=O) groups excluding carboxylic acids is 1. The molecule has 0 aromatic heterocycles. The Morgan fingerprint density at radius 2 is 1.79 bits per heavy atom. The Morgan fingerprint density at radius 3 is 2.50 bits per heavy atom. The van der Waals surface area contributed by atoms with Gasteiger partial charge in [-0.2, -0.15) is 0 Å². The van der Waals surface area contributed by atoms with Crippen LogP contribution in [0.15, 0.2) is 60.7 Å². The highest BCUT2D eigenvalue weighted by molar-refractivity contribution is 6.09. The Balaban J connectivity index is 1.92. The van der Waals surface area contributed by atoms with Crippen molar-refractivity contribution >= 4 is 16.7 Å². The van der Waals surface area contributed by atoms with Gasteiger partial charge in [0.25, 0.3) is 5.91 Å². The van der Waals surface area contributed by atoms with Crippen LogP contribution < -0.4 is 10.1 Å². The zero-order chi connectivity index (χ0) is 20.1. The van der Waals surface area contributed by atoms with Crippen molar-refractivity contribution in [2.45, 2.75) is 19.4 Å². The maximum absolute atomic E-state index is 14.3. The predicted octanol–water partition coefficient (Wildman–Crippen LogP) is 4.67. The van der Waals surface area contributed by atoms with Gasteiger partial charge in [0.2, 0.25) is 0 Å². The molecule has 5 heteroatoms. The molecule has 1 N–H and O–H groups in total. The van der Waals surface area contributed by atoms with E-state index in [0.29, 0.717) is 23.5 Å². The molecule has 3 aromatic rings. The highest BCUT2D eigenvalue weighted by atomic mass is 19.1. The van der Waals surface area contributed by atoms with Crippen molar-refractivity contribution in [2.24, 2.45) is 0 Å². The molecule has 0 spiro atoms. The van der Waals surface area contributed by atoms with Gasteiger partial charge in [0.05, 0.1) is 18.7 Å². The minimum atomic E-state index is -1.00. The Labute approximate surface area is 164 Å². The average molecular weight is 381 g/mol. The molecule has 0 aliphatic rings. The smallest absolute Gasteiger partial charge is 0.255 e. The van der Waals surface area contributed by atoms with Gasteiger partial charge in [-0.25, -0.2) is 4.39 Å². The van der Waals surface area contributed by atoms with E-state index < -0.39 is 5.60 Å². The van der Waals surface area contributed by atoms with Crippen LogP contribution >= 0.6 is 0 Å². The number of amides is 1. The van der Waals surface area contributed by atoms with Gasteiger partial charge >= 0.3 is 0 Å². The summed E-state index contributed by atoms with van der Waals surface area (Å²) >= 11 is 0. The molecule has 0 bridgehead atoms. The van der Waals surface area contributed by atoms with Crippen molar-refractivity contribution in [3.8, 4) is 5.75 Å². The van der Waals surface area contributed by atoms with E-state index in [9.17, 15) is 9.18 Å². The minimum absolute atomic E-state index is 0.109. The van der Waals surface area contributed by atoms with E-state index >= 15 is 0 Å². The molecular weight excluding hydrogens is 357 g/mol. The quantitative estimate of drug-likeness (QED) is 0.647. The second-order valence-electron chi connectivity index (χ2n) is 6.69. The van der Waals surface area contributed by atoms with Gasteiger partial charge in [-0.05, 0) is 36.8 Å². The number of rotatable bonds is 7. The zero-order valence-electron chi connectivity index (χ0n) is 16.3. The Kier molecular flexibility index (Phi) is 5.95. The van der Waals surface area contributed by atoms with Gasteiger partial charge in [-0.1, -0.05) is 48.5 Å². The van der Waals surface area contributed by atoms with E-state index in [1.54, 1.807) is 31.2 Å². The van der Waals surface area contributed by atoms with Gasteiger partial charge in [0.1, 0.15) is 17.2 Å². The lowest BCUT2D eigenvalue weighted by atomic mass is 9.94. The van der Waals surface area contributed by atoms with Crippen molar-refractivity contribution in [3.63, 3.8) is 0 Å². The Bertz CT molecular complexity index is 988. The molecule has 3 rings (SSSR count). The molecule has 0 saturated heterocycles. The summed E-state index contributed by atoms with van der Waals surface area (Å²) in [5.41, 5.74) is -0.148. The van der Waals surface area contributed by atoms with E-state index in [-0.39, 0.29) is 18.3 Å². The minimum Gasteiger partial charge on any atom is -0.493 e. The number of benzene rings is 3. The molecule has 0 fully saturated rings. The molecule has 0 aliphatic heterocycles. The number of hydrogen-bond donors (Lipinski definition) is 1. The normalized spacial score (nSPS) is 13.1. The van der Waals surface area contributed by atoms with E-state index in [4.69, 9.17) is 9.47 Å². The Hall–Kier alpha value is -2.92. The molecule has 1 atom stereocenters. The molecule has 4 nitrogen and oxygen atoms in total. The summed E-state index contributed by atoms with van der Waals surface area (Å²) in [6.45, 7) is 4.18. The SMILES string of the molecule is CCOc1ccc2ccccc2c1C(=O)NCC(C)(OC)c1ccccc1F. The monoisotopic (exact) mass is 381 g/mol. The predicted molar refractivity (Wildman–Crippen MR) is 108 cm³/mol. The third kappa shape index (κ3) is 3.85. The first-order valence-electron chi connectivity index (χ1n) is 9.23. The van der Waals surface area contributed by atoms with Crippen molar-refractivity contribution in [3.05, 3.63) is 77.6 Å². The number of fused-ring (bicyclic) bond motifs is 1. The van der Waals surface area contributed by atoms with Gasteiger partial charge < -0.3 is 14.8 Å². The maximum Gasteiger partial charge on any atom is 0.255 e. The molecule has 0 saturated carbocycles. The first-order chi connectivity index (χ1) is 13.5. The van der Waals surface area contributed by atoms with Crippen molar-refractivity contribution in [2.75, 3.05) is 20.3 Å². The van der Waals surface area contributed by atoms with Crippen LogP contribution in [0, 0.1) is 5.82 Å². The fraction of sp³-hybridized carbons (Fsp3) is 0.261. The number of methoxy groups -OCH3 is 1. The molecule has 1 unspecified atom stereocenters. The molecule has 146 valence electrons. The zero-order valence-corrected chi connectivity index (χ0v) is 16.3. The lowest BCUT2D eigenvalue weighted by Crippen LogP contribution is -2.40. The summed E-state index contributed by atoms with van der Waals surface area (Å²) in [6, 6.07) is 17.8. The van der Waals surface area contributed by atoms with E-state index in [2.05, 4.69) is 5.32 Å². The number of ether oxygens (including phenoxy) is 2. The van der Waals surface area contributed by atoms with Crippen molar-refractivity contribution in [1.82, 2.24) is 5.32 Å². The van der Waals surface area contributed by atoms with E-state index in [1.165, 1.54) is 13.2 Å². The van der Waals surface area contributed by atoms with E-state index in [0.717, 1.165) is 10.8 Å². The lowest BCUT2D eigenvalue weighted by molar-refractivity contribution is 0.000376. The van der Waals surface area contributed by atoms with Gasteiger partial charge in [0.15, 0.2) is 0 Å². The molecule has 3 aromatic carbocycles. The molecule has 0 heterocycles. The van der Waals surface area contributed by atoms with Crippen LogP contribution in [-0.4, -0.2) is 26.2 Å². The second-order valence-corrected chi connectivity index (χ2v) is 6.69. The van der Waals surface area contributed by atoms with Crippen LogP contribution in [0.5, 0.6) is 5.75 Å². The maximum atomic E-state index is 14.3. The van der Waals surface area contributed by atoms with Crippen LogP contribution in [-0.2, 0) is 10.3 Å². The van der Waals surface area contributed by atoms with Crippen LogP contribution in [0.3, 0.4) is 0 Å². The lowest BCUT2D eigenvalue weighted by Gasteiger charge is -2.29. The second kappa shape index (κ2) is 8.40. The summed E-state index contributed by atoms with van der Waals surface area (Å²) < 4.78 is 25.5. The first kappa shape index (κ1) is 19.8. The summed E-state index contributed by atoms with van der Waals surface area (Å²) in [4.78, 5) is 13.1. The van der Waals surface area contributed by atoms with Crippen molar-refractivity contribution < 1.29 is 18.7 Å². The largest absolute Gasteiger partial charge is 0.493 e. The third-order valence-corrected chi connectivity index (χ3v) is 4.90. The van der Waals surface area contributed by atoms with Crippen LogP contribution in [0.25, 0.3) is 10.8 Å². The molecule has 0 radical (unpaired) electrons. The number of hydrogen-bond acceptors (Lipinski definition) is 3.